The Balaban J connectivity index is 1.97. The Morgan fingerprint density at radius 2 is 1.88 bits per heavy atom. The molecule has 0 amide bonds. The average molecular weight is 242 g/mol. The van der Waals surface area contributed by atoms with Crippen LogP contribution >= 0.6 is 0 Å². The first-order valence-corrected chi connectivity index (χ1v) is 6.98. The lowest BCUT2D eigenvalue weighted by Gasteiger charge is -2.29. The Hall–Kier alpha value is -0.120. The lowest BCUT2D eigenvalue weighted by Crippen LogP contribution is -2.33. The molecule has 0 atom stereocenters. The van der Waals surface area contributed by atoms with Crippen LogP contribution in [0.15, 0.2) is 0 Å². The lowest BCUT2D eigenvalue weighted by molar-refractivity contribution is 0.0158. The summed E-state index contributed by atoms with van der Waals surface area (Å²) < 4.78 is 5.40. The Morgan fingerprint density at radius 3 is 2.47 bits per heavy atom. The predicted molar refractivity (Wildman–Crippen MR) is 73.4 cm³/mol. The molecule has 1 aliphatic heterocycles. The van der Waals surface area contributed by atoms with Gasteiger partial charge in [0.15, 0.2) is 0 Å². The zero-order valence-corrected chi connectivity index (χ0v) is 12.1. The van der Waals surface area contributed by atoms with E-state index in [4.69, 9.17) is 4.74 Å². The summed E-state index contributed by atoms with van der Waals surface area (Å²) in [6.07, 6.45) is 5.17. The summed E-state index contributed by atoms with van der Waals surface area (Å²) in [5, 5.41) is 3.54. The van der Waals surface area contributed by atoms with Gasteiger partial charge in [-0.05, 0) is 78.7 Å². The van der Waals surface area contributed by atoms with E-state index >= 15 is 0 Å². The molecule has 0 unspecified atom stereocenters. The number of ether oxygens (including phenoxy) is 1. The first-order chi connectivity index (χ1) is 8.03. The van der Waals surface area contributed by atoms with Gasteiger partial charge in [-0.3, -0.25) is 0 Å². The summed E-state index contributed by atoms with van der Waals surface area (Å²) in [4.78, 5) is 2.44. The molecule has 1 N–H and O–H groups in total. The molecular formula is C14H30N2O. The molecule has 102 valence electrons. The molecule has 3 heteroatoms. The molecule has 1 fully saturated rings. The van der Waals surface area contributed by atoms with E-state index in [2.05, 4.69) is 31.1 Å². The van der Waals surface area contributed by atoms with E-state index < -0.39 is 0 Å². The second-order valence-corrected chi connectivity index (χ2v) is 6.00. The third-order valence-electron chi connectivity index (χ3n) is 4.02. The molecule has 0 aromatic rings. The fraction of sp³-hybridized carbons (Fsp3) is 1.00. The Bertz CT molecular complexity index is 198. The summed E-state index contributed by atoms with van der Waals surface area (Å²) in [5.41, 5.74) is 0.0144. The molecule has 3 nitrogen and oxygen atoms in total. The van der Waals surface area contributed by atoms with Crippen LogP contribution in [0.2, 0.25) is 0 Å². The SMILES string of the molecule is COC(C)(C)CCNCCC1CCN(C)CC1. The minimum Gasteiger partial charge on any atom is -0.379 e. The van der Waals surface area contributed by atoms with Gasteiger partial charge < -0.3 is 15.0 Å². The molecule has 0 aromatic carbocycles. The normalized spacial score (nSPS) is 19.8. The third kappa shape index (κ3) is 6.39. The largest absolute Gasteiger partial charge is 0.379 e. The molecule has 0 bridgehead atoms. The van der Waals surface area contributed by atoms with Gasteiger partial charge in [0.05, 0.1) is 5.60 Å². The van der Waals surface area contributed by atoms with Crippen molar-refractivity contribution in [2.24, 2.45) is 5.92 Å². The van der Waals surface area contributed by atoms with Gasteiger partial charge in [-0.25, -0.2) is 0 Å². The van der Waals surface area contributed by atoms with Gasteiger partial charge in [0.1, 0.15) is 0 Å². The van der Waals surface area contributed by atoms with Crippen LogP contribution in [-0.2, 0) is 4.74 Å². The molecule has 0 aliphatic carbocycles. The lowest BCUT2D eigenvalue weighted by atomic mass is 9.94. The maximum atomic E-state index is 5.40. The number of methoxy groups -OCH3 is 1. The quantitative estimate of drug-likeness (QED) is 0.692. The fourth-order valence-electron chi connectivity index (χ4n) is 2.27. The standard InChI is InChI=1S/C14H30N2O/c1-14(2,17-4)8-10-15-9-5-13-6-11-16(3)12-7-13/h13,15H,5-12H2,1-4H3. The summed E-state index contributed by atoms with van der Waals surface area (Å²) >= 11 is 0. The summed E-state index contributed by atoms with van der Waals surface area (Å²) in [6, 6.07) is 0. The fourth-order valence-corrected chi connectivity index (χ4v) is 2.27. The van der Waals surface area contributed by atoms with Crippen molar-refractivity contribution in [3.05, 3.63) is 0 Å². The molecule has 0 spiro atoms. The van der Waals surface area contributed by atoms with Crippen LogP contribution in [0.3, 0.4) is 0 Å². The summed E-state index contributed by atoms with van der Waals surface area (Å²) in [6.45, 7) is 9.07. The van der Waals surface area contributed by atoms with E-state index in [-0.39, 0.29) is 5.60 Å². The maximum absolute atomic E-state index is 5.40. The van der Waals surface area contributed by atoms with Crippen molar-refractivity contribution in [2.45, 2.75) is 45.1 Å². The highest BCUT2D eigenvalue weighted by Gasteiger charge is 2.17. The van der Waals surface area contributed by atoms with Crippen molar-refractivity contribution < 1.29 is 4.74 Å². The van der Waals surface area contributed by atoms with Crippen molar-refractivity contribution in [1.82, 2.24) is 10.2 Å². The Morgan fingerprint density at radius 1 is 1.24 bits per heavy atom. The first kappa shape index (κ1) is 14.9. The molecule has 17 heavy (non-hydrogen) atoms. The zero-order chi connectivity index (χ0) is 12.7. The minimum atomic E-state index is 0.0144. The van der Waals surface area contributed by atoms with Gasteiger partial charge in [0, 0.05) is 7.11 Å². The van der Waals surface area contributed by atoms with E-state index in [9.17, 15) is 0 Å². The van der Waals surface area contributed by atoms with Crippen LogP contribution in [0.5, 0.6) is 0 Å². The van der Waals surface area contributed by atoms with E-state index in [1.165, 1.54) is 32.4 Å². The highest BCUT2D eigenvalue weighted by molar-refractivity contribution is 4.72. The van der Waals surface area contributed by atoms with Gasteiger partial charge in [0.2, 0.25) is 0 Å². The number of nitrogens with zero attached hydrogens (tertiary/aromatic N) is 1. The number of hydrogen-bond acceptors (Lipinski definition) is 3. The zero-order valence-electron chi connectivity index (χ0n) is 12.1. The second kappa shape index (κ2) is 7.34. The molecule has 1 heterocycles. The van der Waals surface area contributed by atoms with Crippen molar-refractivity contribution in [3.63, 3.8) is 0 Å². The molecule has 0 radical (unpaired) electrons. The van der Waals surface area contributed by atoms with Crippen LogP contribution < -0.4 is 5.32 Å². The predicted octanol–water partition coefficient (Wildman–Crippen LogP) is 2.12. The summed E-state index contributed by atoms with van der Waals surface area (Å²) in [7, 11) is 4.01. The van der Waals surface area contributed by atoms with Crippen molar-refractivity contribution >= 4 is 0 Å². The van der Waals surface area contributed by atoms with E-state index in [1.807, 2.05) is 0 Å². The highest BCUT2D eigenvalue weighted by atomic mass is 16.5. The van der Waals surface area contributed by atoms with Gasteiger partial charge in [-0.1, -0.05) is 0 Å². The topological polar surface area (TPSA) is 24.5 Å². The minimum absolute atomic E-state index is 0.0144. The van der Waals surface area contributed by atoms with E-state index in [0.717, 1.165) is 25.4 Å². The maximum Gasteiger partial charge on any atom is 0.0634 e. The van der Waals surface area contributed by atoms with Crippen LogP contribution in [0.1, 0.15) is 39.5 Å². The molecule has 1 rings (SSSR count). The molecular weight excluding hydrogens is 212 g/mol. The second-order valence-electron chi connectivity index (χ2n) is 6.00. The van der Waals surface area contributed by atoms with Crippen LogP contribution in [0.4, 0.5) is 0 Å². The van der Waals surface area contributed by atoms with Gasteiger partial charge >= 0.3 is 0 Å². The van der Waals surface area contributed by atoms with Crippen LogP contribution in [0.25, 0.3) is 0 Å². The number of likely N-dealkylation sites (tertiary alicyclic amines) is 1. The van der Waals surface area contributed by atoms with Gasteiger partial charge in [0.25, 0.3) is 0 Å². The van der Waals surface area contributed by atoms with Gasteiger partial charge in [-0.15, -0.1) is 0 Å². The first-order valence-electron chi connectivity index (χ1n) is 6.98. The van der Waals surface area contributed by atoms with Crippen molar-refractivity contribution in [3.8, 4) is 0 Å². The van der Waals surface area contributed by atoms with Crippen molar-refractivity contribution in [2.75, 3.05) is 40.3 Å². The Kier molecular flexibility index (Phi) is 6.45. The average Bonchev–Trinajstić information content (AvgIpc) is 2.31. The summed E-state index contributed by atoms with van der Waals surface area (Å²) in [5.74, 6) is 0.939. The molecule has 0 aromatic heterocycles. The smallest absolute Gasteiger partial charge is 0.0634 e. The molecule has 0 saturated carbocycles. The molecule has 1 aliphatic rings. The van der Waals surface area contributed by atoms with Crippen molar-refractivity contribution in [1.29, 1.82) is 0 Å². The van der Waals surface area contributed by atoms with Crippen LogP contribution in [-0.4, -0.2) is 50.8 Å². The van der Waals surface area contributed by atoms with Gasteiger partial charge in [-0.2, -0.15) is 0 Å². The Labute approximate surface area is 107 Å². The number of hydrogen-bond donors (Lipinski definition) is 1. The number of nitrogens with one attached hydrogen (secondary N) is 1. The van der Waals surface area contributed by atoms with E-state index in [1.54, 1.807) is 7.11 Å². The third-order valence-corrected chi connectivity index (χ3v) is 4.02. The number of rotatable bonds is 7. The molecule has 1 saturated heterocycles. The highest BCUT2D eigenvalue weighted by Crippen LogP contribution is 2.18. The van der Waals surface area contributed by atoms with E-state index in [0.29, 0.717) is 0 Å². The monoisotopic (exact) mass is 242 g/mol. The number of piperidine rings is 1. The van der Waals surface area contributed by atoms with Crippen LogP contribution in [0, 0.1) is 5.92 Å².